The highest BCUT2D eigenvalue weighted by Crippen LogP contribution is 2.37. The van der Waals surface area contributed by atoms with Crippen LogP contribution in [-0.4, -0.2) is 34.0 Å². The molecule has 3 aromatic carbocycles. The third-order valence-electron chi connectivity index (χ3n) is 6.14. The fourth-order valence-electron chi connectivity index (χ4n) is 4.24. The molecule has 2 heterocycles. The van der Waals surface area contributed by atoms with Gasteiger partial charge in [0.2, 0.25) is 0 Å². The summed E-state index contributed by atoms with van der Waals surface area (Å²) >= 11 is 0. The first-order valence-electron chi connectivity index (χ1n) is 11.8. The number of benzene rings is 3. The van der Waals surface area contributed by atoms with Gasteiger partial charge in [-0.25, -0.2) is 14.4 Å². The zero-order valence-corrected chi connectivity index (χ0v) is 21.1. The van der Waals surface area contributed by atoms with Gasteiger partial charge in [0.25, 0.3) is 5.95 Å². The summed E-state index contributed by atoms with van der Waals surface area (Å²) in [6.45, 7) is 1.82. The van der Waals surface area contributed by atoms with Crippen LogP contribution in [0.15, 0.2) is 78.9 Å². The smallest absolute Gasteiger partial charge is 0.433 e. The molecule has 0 saturated carbocycles. The number of hydrogen-bond donors (Lipinski definition) is 0. The van der Waals surface area contributed by atoms with Crippen molar-refractivity contribution in [2.45, 2.75) is 13.1 Å². The summed E-state index contributed by atoms with van der Waals surface area (Å²) in [5, 5.41) is 4.70. The number of alkyl halides is 3. The fourth-order valence-corrected chi connectivity index (χ4v) is 4.24. The standard InChI is InChI=1S/C29H22F4N4O2/c1-17-26(19-6-4-8-22(14-19)38-2)36-37(27(17)20-7-5-9-23(15-20)39-3)28-34-24(16-25(35-28)29(31,32)33)18-10-12-21(30)13-11-18/h4-16H,1-3H3. The predicted octanol–water partition coefficient (Wildman–Crippen LogP) is 7.15. The molecule has 0 unspecified atom stereocenters. The molecule has 0 aliphatic heterocycles. The molecule has 10 heteroatoms. The second-order valence-corrected chi connectivity index (χ2v) is 8.64. The Morgan fingerprint density at radius 1 is 0.744 bits per heavy atom. The van der Waals surface area contributed by atoms with Crippen molar-refractivity contribution >= 4 is 0 Å². The van der Waals surface area contributed by atoms with E-state index in [2.05, 4.69) is 9.97 Å². The van der Waals surface area contributed by atoms with E-state index in [1.54, 1.807) is 49.6 Å². The molecule has 0 bridgehead atoms. The van der Waals surface area contributed by atoms with Gasteiger partial charge in [0.1, 0.15) is 17.3 Å². The quantitative estimate of drug-likeness (QED) is 0.217. The van der Waals surface area contributed by atoms with Crippen LogP contribution in [0.4, 0.5) is 17.6 Å². The minimum absolute atomic E-state index is 0.0278. The fraction of sp³-hybridized carbons (Fsp3) is 0.138. The van der Waals surface area contributed by atoms with Crippen molar-refractivity contribution < 1.29 is 27.0 Å². The molecule has 2 aromatic heterocycles. The molecule has 0 aliphatic carbocycles. The highest BCUT2D eigenvalue weighted by atomic mass is 19.4. The number of methoxy groups -OCH3 is 2. The summed E-state index contributed by atoms with van der Waals surface area (Å²) < 4.78 is 67.5. The maximum Gasteiger partial charge on any atom is 0.433 e. The summed E-state index contributed by atoms with van der Waals surface area (Å²) in [6, 6.07) is 20.1. The Morgan fingerprint density at radius 3 is 1.97 bits per heavy atom. The second-order valence-electron chi connectivity index (χ2n) is 8.64. The third-order valence-corrected chi connectivity index (χ3v) is 6.14. The first kappa shape index (κ1) is 25.9. The maximum absolute atomic E-state index is 14.0. The predicted molar refractivity (Wildman–Crippen MR) is 138 cm³/mol. The SMILES string of the molecule is COc1cccc(-c2nn(-c3nc(-c4ccc(F)cc4)cc(C(F)(F)F)n3)c(-c3cccc(OC)c3)c2C)c1. The highest BCUT2D eigenvalue weighted by Gasteiger charge is 2.34. The van der Waals surface area contributed by atoms with Crippen LogP contribution in [0.3, 0.4) is 0 Å². The molecule has 0 N–H and O–H groups in total. The van der Waals surface area contributed by atoms with Crippen molar-refractivity contribution in [1.29, 1.82) is 0 Å². The monoisotopic (exact) mass is 534 g/mol. The molecule has 6 nitrogen and oxygen atoms in total. The lowest BCUT2D eigenvalue weighted by atomic mass is 10.0. The molecule has 0 aliphatic rings. The van der Waals surface area contributed by atoms with E-state index in [9.17, 15) is 17.6 Å². The Morgan fingerprint density at radius 2 is 1.36 bits per heavy atom. The summed E-state index contributed by atoms with van der Waals surface area (Å²) in [7, 11) is 3.07. The third kappa shape index (κ3) is 5.18. The van der Waals surface area contributed by atoms with Crippen LogP contribution in [0.2, 0.25) is 0 Å². The Kier molecular flexibility index (Phi) is 6.78. The lowest BCUT2D eigenvalue weighted by Crippen LogP contribution is -2.14. The van der Waals surface area contributed by atoms with Crippen LogP contribution in [0.5, 0.6) is 11.5 Å². The van der Waals surface area contributed by atoms with Gasteiger partial charge < -0.3 is 9.47 Å². The molecule has 5 rings (SSSR count). The van der Waals surface area contributed by atoms with Crippen molar-refractivity contribution in [2.24, 2.45) is 0 Å². The topological polar surface area (TPSA) is 62.1 Å². The molecule has 0 amide bonds. The average Bonchev–Trinajstić information content (AvgIpc) is 3.29. The van der Waals surface area contributed by atoms with Crippen LogP contribution in [0, 0.1) is 12.7 Å². The number of halogens is 4. The van der Waals surface area contributed by atoms with Crippen LogP contribution >= 0.6 is 0 Å². The molecule has 0 spiro atoms. The van der Waals surface area contributed by atoms with Crippen LogP contribution in [0.25, 0.3) is 39.7 Å². The number of rotatable bonds is 6. The van der Waals surface area contributed by atoms with Crippen molar-refractivity contribution in [1.82, 2.24) is 19.7 Å². The van der Waals surface area contributed by atoms with E-state index in [1.807, 2.05) is 13.0 Å². The number of aromatic nitrogens is 4. The zero-order chi connectivity index (χ0) is 27.7. The van der Waals surface area contributed by atoms with E-state index in [0.29, 0.717) is 45.1 Å². The molecule has 39 heavy (non-hydrogen) atoms. The largest absolute Gasteiger partial charge is 0.497 e. The van der Waals surface area contributed by atoms with Crippen LogP contribution < -0.4 is 9.47 Å². The van der Waals surface area contributed by atoms with Crippen molar-refractivity contribution in [3.8, 4) is 51.2 Å². The first-order valence-corrected chi connectivity index (χ1v) is 11.8. The van der Waals surface area contributed by atoms with Crippen LogP contribution in [-0.2, 0) is 6.18 Å². The van der Waals surface area contributed by atoms with E-state index >= 15 is 0 Å². The Labute approximate surface area is 221 Å². The average molecular weight is 535 g/mol. The van der Waals surface area contributed by atoms with Gasteiger partial charge in [-0.1, -0.05) is 24.3 Å². The summed E-state index contributed by atoms with van der Waals surface area (Å²) in [5.41, 5.74) is 2.12. The number of nitrogens with zero attached hydrogens (tertiary/aromatic N) is 4. The molecule has 0 saturated heterocycles. The molecule has 198 valence electrons. The van der Waals surface area contributed by atoms with Crippen molar-refractivity contribution in [3.05, 3.63) is 95.9 Å². The Bertz CT molecular complexity index is 1650. The normalized spacial score (nSPS) is 11.5. The van der Waals surface area contributed by atoms with Gasteiger partial charge in [0.15, 0.2) is 5.69 Å². The van der Waals surface area contributed by atoms with Crippen molar-refractivity contribution in [3.63, 3.8) is 0 Å². The number of hydrogen-bond acceptors (Lipinski definition) is 5. The Hall–Kier alpha value is -4.73. The van der Waals surface area contributed by atoms with Gasteiger partial charge in [-0.3, -0.25) is 0 Å². The lowest BCUT2D eigenvalue weighted by Gasteiger charge is -2.13. The van der Waals surface area contributed by atoms with Gasteiger partial charge in [-0.15, -0.1) is 0 Å². The molecular formula is C29H22F4N4O2. The van der Waals surface area contributed by atoms with Crippen molar-refractivity contribution in [2.75, 3.05) is 14.2 Å². The number of ether oxygens (including phenoxy) is 2. The summed E-state index contributed by atoms with van der Waals surface area (Å²) in [6.07, 6.45) is -4.76. The minimum Gasteiger partial charge on any atom is -0.497 e. The van der Waals surface area contributed by atoms with E-state index < -0.39 is 17.7 Å². The maximum atomic E-state index is 14.0. The van der Waals surface area contributed by atoms with E-state index in [-0.39, 0.29) is 11.6 Å². The zero-order valence-electron chi connectivity index (χ0n) is 21.1. The Balaban J connectivity index is 1.80. The van der Waals surface area contributed by atoms with Gasteiger partial charge in [0, 0.05) is 22.3 Å². The molecule has 5 aromatic rings. The summed E-state index contributed by atoms with van der Waals surface area (Å²) in [4.78, 5) is 8.30. The van der Waals surface area contributed by atoms with Gasteiger partial charge >= 0.3 is 6.18 Å². The van der Waals surface area contributed by atoms with Gasteiger partial charge in [0.05, 0.1) is 31.3 Å². The van der Waals surface area contributed by atoms with E-state index in [1.165, 1.54) is 23.9 Å². The molecule has 0 radical (unpaired) electrons. The molecular weight excluding hydrogens is 512 g/mol. The van der Waals surface area contributed by atoms with E-state index in [0.717, 1.165) is 18.2 Å². The van der Waals surface area contributed by atoms with Gasteiger partial charge in [-0.05, 0) is 61.5 Å². The molecule has 0 atom stereocenters. The second kappa shape index (κ2) is 10.2. The van der Waals surface area contributed by atoms with Gasteiger partial charge in [-0.2, -0.15) is 23.0 Å². The van der Waals surface area contributed by atoms with Crippen LogP contribution in [0.1, 0.15) is 11.3 Å². The summed E-state index contributed by atoms with van der Waals surface area (Å²) in [5.74, 6) is 0.340. The highest BCUT2D eigenvalue weighted by molar-refractivity contribution is 5.76. The minimum atomic E-state index is -4.76. The molecule has 0 fully saturated rings. The lowest BCUT2D eigenvalue weighted by molar-refractivity contribution is -0.141. The first-order chi connectivity index (χ1) is 18.7. The van der Waals surface area contributed by atoms with E-state index in [4.69, 9.17) is 14.6 Å².